The number of carboxylic acids is 1. The molecule has 0 aromatic carbocycles. The van der Waals surface area contributed by atoms with Gasteiger partial charge in [-0.3, -0.25) is 0 Å². The molecule has 0 aliphatic heterocycles. The number of ether oxygens (including phenoxy) is 1. The molecule has 0 atom stereocenters. The molecule has 0 heterocycles. The largest absolute Gasteiger partial charge is 0.478 e. The van der Waals surface area contributed by atoms with E-state index in [0.29, 0.717) is 0 Å². The van der Waals surface area contributed by atoms with Crippen molar-refractivity contribution in [1.29, 1.82) is 0 Å². The minimum absolute atomic E-state index is 0.108. The second kappa shape index (κ2) is 6.43. The van der Waals surface area contributed by atoms with Gasteiger partial charge in [0.25, 0.3) is 0 Å². The molecule has 0 radical (unpaired) electrons. The SMILES string of the molecule is CC(C)(C)C1(C(C)(C)C)CCC(OC(=O)/C=C\C(=O)O)CC1. The summed E-state index contributed by atoms with van der Waals surface area (Å²) in [6, 6.07) is 0. The standard InChI is InChI=1S/C18H30O4/c1-16(2,3)18(17(4,5)6)11-9-13(10-12-18)22-15(21)8-7-14(19)20/h7-8,13H,9-12H2,1-6H3,(H,19,20)/b8-7-. The predicted molar refractivity (Wildman–Crippen MR) is 86.5 cm³/mol. The normalized spacial score (nSPS) is 20.1. The highest BCUT2D eigenvalue weighted by Crippen LogP contribution is 2.59. The monoisotopic (exact) mass is 310 g/mol. The van der Waals surface area contributed by atoms with Crippen molar-refractivity contribution in [2.75, 3.05) is 0 Å². The van der Waals surface area contributed by atoms with E-state index in [-0.39, 0.29) is 22.3 Å². The molecule has 126 valence electrons. The number of esters is 1. The third-order valence-electron chi connectivity index (χ3n) is 5.30. The van der Waals surface area contributed by atoms with Crippen LogP contribution in [0.2, 0.25) is 0 Å². The fourth-order valence-corrected chi connectivity index (χ4v) is 4.17. The van der Waals surface area contributed by atoms with Crippen molar-refractivity contribution < 1.29 is 19.4 Å². The van der Waals surface area contributed by atoms with E-state index < -0.39 is 11.9 Å². The third-order valence-corrected chi connectivity index (χ3v) is 5.30. The van der Waals surface area contributed by atoms with E-state index in [2.05, 4.69) is 41.5 Å². The molecule has 1 fully saturated rings. The average Bonchev–Trinajstić information content (AvgIpc) is 2.34. The van der Waals surface area contributed by atoms with E-state index in [4.69, 9.17) is 9.84 Å². The van der Waals surface area contributed by atoms with Crippen LogP contribution in [0.1, 0.15) is 67.2 Å². The van der Waals surface area contributed by atoms with Crippen LogP contribution in [0.25, 0.3) is 0 Å². The minimum atomic E-state index is -1.14. The highest BCUT2D eigenvalue weighted by atomic mass is 16.5. The van der Waals surface area contributed by atoms with Crippen molar-refractivity contribution >= 4 is 11.9 Å². The number of carbonyl (C=O) groups is 2. The number of rotatable bonds is 3. The molecule has 1 rings (SSSR count). The average molecular weight is 310 g/mol. The van der Waals surface area contributed by atoms with Gasteiger partial charge in [0.05, 0.1) is 0 Å². The first-order valence-electron chi connectivity index (χ1n) is 8.01. The van der Waals surface area contributed by atoms with Crippen LogP contribution >= 0.6 is 0 Å². The van der Waals surface area contributed by atoms with Crippen LogP contribution < -0.4 is 0 Å². The van der Waals surface area contributed by atoms with Gasteiger partial charge < -0.3 is 9.84 Å². The molecule has 0 aromatic rings. The molecule has 0 aromatic heterocycles. The van der Waals surface area contributed by atoms with Gasteiger partial charge >= 0.3 is 11.9 Å². The number of hydrogen-bond donors (Lipinski definition) is 1. The van der Waals surface area contributed by atoms with Gasteiger partial charge in [-0.2, -0.15) is 0 Å². The Morgan fingerprint density at radius 3 is 1.82 bits per heavy atom. The van der Waals surface area contributed by atoms with Crippen LogP contribution in [0.4, 0.5) is 0 Å². The molecule has 0 spiro atoms. The van der Waals surface area contributed by atoms with E-state index in [1.807, 2.05) is 0 Å². The van der Waals surface area contributed by atoms with E-state index in [9.17, 15) is 9.59 Å². The minimum Gasteiger partial charge on any atom is -0.478 e. The van der Waals surface area contributed by atoms with E-state index in [0.717, 1.165) is 37.8 Å². The molecule has 0 bridgehead atoms. The van der Waals surface area contributed by atoms with Crippen molar-refractivity contribution in [2.45, 2.75) is 73.3 Å². The summed E-state index contributed by atoms with van der Waals surface area (Å²) in [5.74, 6) is -1.70. The molecular formula is C18H30O4. The molecule has 1 aliphatic rings. The maximum Gasteiger partial charge on any atom is 0.331 e. The summed E-state index contributed by atoms with van der Waals surface area (Å²) in [6.45, 7) is 13.8. The second-order valence-electron chi connectivity index (χ2n) is 8.39. The first-order valence-corrected chi connectivity index (χ1v) is 8.01. The number of hydrogen-bond acceptors (Lipinski definition) is 3. The van der Waals surface area contributed by atoms with Crippen LogP contribution in [-0.2, 0) is 14.3 Å². The number of carbonyl (C=O) groups excluding carboxylic acids is 1. The quantitative estimate of drug-likeness (QED) is 0.627. The Kier molecular flexibility index (Phi) is 5.47. The molecule has 0 saturated heterocycles. The van der Waals surface area contributed by atoms with Crippen molar-refractivity contribution in [3.8, 4) is 0 Å². The summed E-state index contributed by atoms with van der Waals surface area (Å²) in [5, 5.41) is 8.52. The van der Waals surface area contributed by atoms with Crippen molar-refractivity contribution in [3.05, 3.63) is 12.2 Å². The zero-order chi connectivity index (χ0) is 17.2. The van der Waals surface area contributed by atoms with E-state index >= 15 is 0 Å². The lowest BCUT2D eigenvalue weighted by Gasteiger charge is -2.57. The van der Waals surface area contributed by atoms with Gasteiger partial charge in [0.15, 0.2) is 0 Å². The van der Waals surface area contributed by atoms with Gasteiger partial charge in [0.2, 0.25) is 0 Å². The van der Waals surface area contributed by atoms with Crippen molar-refractivity contribution in [2.24, 2.45) is 16.2 Å². The molecule has 0 unspecified atom stereocenters. The lowest BCUT2D eigenvalue weighted by atomic mass is 9.49. The first kappa shape index (κ1) is 18.7. The van der Waals surface area contributed by atoms with Gasteiger partial charge in [-0.15, -0.1) is 0 Å². The van der Waals surface area contributed by atoms with Gasteiger partial charge in [0, 0.05) is 12.2 Å². The summed E-state index contributed by atoms with van der Waals surface area (Å²) in [4.78, 5) is 22.0. The van der Waals surface area contributed by atoms with Crippen LogP contribution in [0.3, 0.4) is 0 Å². The summed E-state index contributed by atoms with van der Waals surface area (Å²) in [6.07, 6.45) is 5.39. The summed E-state index contributed by atoms with van der Waals surface area (Å²) >= 11 is 0. The lowest BCUT2D eigenvalue weighted by Crippen LogP contribution is -2.49. The van der Waals surface area contributed by atoms with Crippen LogP contribution in [0.5, 0.6) is 0 Å². The fraction of sp³-hybridized carbons (Fsp3) is 0.778. The first-order chi connectivity index (χ1) is 9.89. The summed E-state index contributed by atoms with van der Waals surface area (Å²) < 4.78 is 5.37. The van der Waals surface area contributed by atoms with Gasteiger partial charge in [-0.05, 0) is 41.9 Å². The highest BCUT2D eigenvalue weighted by molar-refractivity contribution is 5.90. The van der Waals surface area contributed by atoms with Crippen LogP contribution in [0.15, 0.2) is 12.2 Å². The maximum absolute atomic E-state index is 11.6. The Bertz CT molecular complexity index is 425. The van der Waals surface area contributed by atoms with Crippen molar-refractivity contribution in [3.63, 3.8) is 0 Å². The third kappa shape index (κ3) is 4.11. The zero-order valence-corrected chi connectivity index (χ0v) is 14.7. The molecule has 4 heteroatoms. The second-order valence-corrected chi connectivity index (χ2v) is 8.39. The molecular weight excluding hydrogens is 280 g/mol. The Morgan fingerprint density at radius 1 is 1.00 bits per heavy atom. The Balaban J connectivity index is 2.72. The smallest absolute Gasteiger partial charge is 0.331 e. The molecule has 0 amide bonds. The molecule has 1 saturated carbocycles. The van der Waals surface area contributed by atoms with E-state index in [1.165, 1.54) is 0 Å². The van der Waals surface area contributed by atoms with E-state index in [1.54, 1.807) is 0 Å². The predicted octanol–water partition coefficient (Wildman–Crippen LogP) is 4.19. The molecule has 1 aliphatic carbocycles. The summed E-state index contributed by atoms with van der Waals surface area (Å²) in [5.41, 5.74) is 0.576. The Hall–Kier alpha value is -1.32. The lowest BCUT2D eigenvalue weighted by molar-refractivity contribution is -0.151. The maximum atomic E-state index is 11.6. The topological polar surface area (TPSA) is 63.6 Å². The Morgan fingerprint density at radius 2 is 1.45 bits per heavy atom. The van der Waals surface area contributed by atoms with Gasteiger partial charge in [0.1, 0.15) is 6.10 Å². The molecule has 22 heavy (non-hydrogen) atoms. The zero-order valence-electron chi connectivity index (χ0n) is 14.7. The molecule has 1 N–H and O–H groups in total. The fourth-order valence-electron chi connectivity index (χ4n) is 4.17. The number of carboxylic acid groups (broad SMARTS) is 1. The van der Waals surface area contributed by atoms with Crippen molar-refractivity contribution in [1.82, 2.24) is 0 Å². The van der Waals surface area contributed by atoms with Gasteiger partial charge in [-0.1, -0.05) is 41.5 Å². The number of aliphatic carboxylic acids is 1. The molecule has 4 nitrogen and oxygen atoms in total. The highest BCUT2D eigenvalue weighted by Gasteiger charge is 2.51. The Labute approximate surface area is 133 Å². The van der Waals surface area contributed by atoms with Gasteiger partial charge in [-0.25, -0.2) is 9.59 Å². The summed E-state index contributed by atoms with van der Waals surface area (Å²) in [7, 11) is 0. The van der Waals surface area contributed by atoms with Crippen LogP contribution in [-0.4, -0.2) is 23.1 Å². The van der Waals surface area contributed by atoms with Crippen LogP contribution in [0, 0.1) is 16.2 Å².